The van der Waals surface area contributed by atoms with Gasteiger partial charge in [0.1, 0.15) is 5.75 Å². The molecule has 2 aromatic rings. The van der Waals surface area contributed by atoms with E-state index in [9.17, 15) is 0 Å². The minimum Gasteiger partial charge on any atom is -0.495 e. The molecule has 0 bridgehead atoms. The van der Waals surface area contributed by atoms with Gasteiger partial charge in [-0.05, 0) is 47.1 Å². The maximum Gasteiger partial charge on any atom is 0.237 e. The van der Waals surface area contributed by atoms with Crippen molar-refractivity contribution in [1.29, 1.82) is 0 Å². The zero-order valence-electron chi connectivity index (χ0n) is 11.8. The third kappa shape index (κ3) is 4.11. The molecular formula is C15H16Br2N2O2. The fourth-order valence-electron chi connectivity index (χ4n) is 1.94. The second-order valence-electron chi connectivity index (χ2n) is 4.22. The molecule has 0 radical (unpaired) electrons. The van der Waals surface area contributed by atoms with Gasteiger partial charge in [-0.2, -0.15) is 0 Å². The van der Waals surface area contributed by atoms with E-state index in [4.69, 9.17) is 9.47 Å². The van der Waals surface area contributed by atoms with E-state index in [0.717, 1.165) is 25.9 Å². The van der Waals surface area contributed by atoms with Gasteiger partial charge in [0, 0.05) is 22.8 Å². The minimum atomic E-state index is 0.581. The first-order valence-corrected chi connectivity index (χ1v) is 8.08. The predicted molar refractivity (Wildman–Crippen MR) is 91.1 cm³/mol. The molecule has 1 heterocycles. The molecule has 0 fully saturated rings. The van der Waals surface area contributed by atoms with Gasteiger partial charge in [-0.3, -0.25) is 0 Å². The number of nitrogens with zero attached hydrogens (tertiary/aromatic N) is 1. The van der Waals surface area contributed by atoms with Crippen LogP contribution in [-0.4, -0.2) is 18.7 Å². The number of rotatable bonds is 6. The molecule has 1 N–H and O–H groups in total. The van der Waals surface area contributed by atoms with E-state index in [-0.39, 0.29) is 0 Å². The largest absolute Gasteiger partial charge is 0.495 e. The Morgan fingerprint density at radius 1 is 1.29 bits per heavy atom. The number of nitrogens with one attached hydrogen (secondary N) is 1. The van der Waals surface area contributed by atoms with Crippen LogP contribution in [0.3, 0.4) is 0 Å². The van der Waals surface area contributed by atoms with E-state index in [0.29, 0.717) is 19.0 Å². The van der Waals surface area contributed by atoms with Crippen molar-refractivity contribution in [3.63, 3.8) is 0 Å². The molecule has 6 heteroatoms. The average Bonchev–Trinajstić information content (AvgIpc) is 2.46. The summed E-state index contributed by atoms with van der Waals surface area (Å²) < 4.78 is 12.8. The molecular weight excluding hydrogens is 400 g/mol. The van der Waals surface area contributed by atoms with Crippen molar-refractivity contribution < 1.29 is 9.47 Å². The lowest BCUT2D eigenvalue weighted by Gasteiger charge is -2.14. The van der Waals surface area contributed by atoms with Crippen molar-refractivity contribution in [3.05, 3.63) is 45.0 Å². The van der Waals surface area contributed by atoms with Crippen LogP contribution in [0.15, 0.2) is 39.4 Å². The highest BCUT2D eigenvalue weighted by Crippen LogP contribution is 2.33. The van der Waals surface area contributed by atoms with Gasteiger partial charge in [-0.1, -0.05) is 15.9 Å². The molecule has 1 aromatic carbocycles. The summed E-state index contributed by atoms with van der Waals surface area (Å²) >= 11 is 7.00. The van der Waals surface area contributed by atoms with Crippen LogP contribution in [0.25, 0.3) is 0 Å². The molecule has 0 saturated heterocycles. The Balaban J connectivity index is 2.20. The monoisotopic (exact) mass is 414 g/mol. The van der Waals surface area contributed by atoms with Crippen molar-refractivity contribution in [3.8, 4) is 11.6 Å². The summed E-state index contributed by atoms with van der Waals surface area (Å²) in [6.45, 7) is 3.12. The van der Waals surface area contributed by atoms with Gasteiger partial charge >= 0.3 is 0 Å². The van der Waals surface area contributed by atoms with Crippen LogP contribution in [0.2, 0.25) is 0 Å². The number of pyridine rings is 1. The summed E-state index contributed by atoms with van der Waals surface area (Å²) in [5, 5.41) is 3.33. The quantitative estimate of drug-likeness (QED) is 0.747. The maximum absolute atomic E-state index is 5.51. The lowest BCUT2D eigenvalue weighted by molar-refractivity contribution is 0.328. The number of hydrogen-bond acceptors (Lipinski definition) is 4. The van der Waals surface area contributed by atoms with Crippen LogP contribution < -0.4 is 14.8 Å². The van der Waals surface area contributed by atoms with E-state index in [1.165, 1.54) is 0 Å². The van der Waals surface area contributed by atoms with Gasteiger partial charge in [-0.15, -0.1) is 0 Å². The van der Waals surface area contributed by atoms with Crippen LogP contribution in [0, 0.1) is 0 Å². The molecule has 1 aromatic heterocycles. The van der Waals surface area contributed by atoms with Crippen LogP contribution in [0.5, 0.6) is 11.6 Å². The van der Waals surface area contributed by atoms with E-state index < -0.39 is 0 Å². The Morgan fingerprint density at radius 3 is 2.81 bits per heavy atom. The molecule has 0 aliphatic heterocycles. The molecule has 0 saturated carbocycles. The topological polar surface area (TPSA) is 43.4 Å². The Hall–Kier alpha value is -1.27. The van der Waals surface area contributed by atoms with E-state index >= 15 is 0 Å². The highest BCUT2D eigenvalue weighted by atomic mass is 79.9. The third-order valence-corrected chi connectivity index (χ3v) is 3.86. The number of benzene rings is 1. The molecule has 0 atom stereocenters. The van der Waals surface area contributed by atoms with E-state index in [2.05, 4.69) is 42.2 Å². The second-order valence-corrected chi connectivity index (χ2v) is 5.99. The van der Waals surface area contributed by atoms with Gasteiger partial charge in [0.05, 0.1) is 23.9 Å². The number of halogens is 2. The number of ether oxygens (including phenoxy) is 2. The highest BCUT2D eigenvalue weighted by molar-refractivity contribution is 9.11. The highest BCUT2D eigenvalue weighted by Gasteiger charge is 2.10. The molecule has 0 aliphatic carbocycles. The summed E-state index contributed by atoms with van der Waals surface area (Å²) in [6.07, 6.45) is 1.71. The van der Waals surface area contributed by atoms with Crippen molar-refractivity contribution in [2.45, 2.75) is 13.5 Å². The second kappa shape index (κ2) is 7.66. The van der Waals surface area contributed by atoms with Crippen LogP contribution in [0.4, 0.5) is 5.69 Å². The molecule has 2 rings (SSSR count). The fourth-order valence-corrected chi connectivity index (χ4v) is 3.42. The standard InChI is InChI=1S/C15H16Br2N2O2/c1-3-21-15-13(5-4-6-18-15)19-9-10-7-11(16)8-12(17)14(10)20-2/h4-8,19H,3,9H2,1-2H3. The summed E-state index contributed by atoms with van der Waals surface area (Å²) in [5.74, 6) is 1.42. The number of anilines is 1. The first kappa shape index (κ1) is 16.1. The smallest absolute Gasteiger partial charge is 0.237 e. The summed E-state index contributed by atoms with van der Waals surface area (Å²) in [7, 11) is 1.66. The van der Waals surface area contributed by atoms with Gasteiger partial charge in [0.15, 0.2) is 0 Å². The van der Waals surface area contributed by atoms with E-state index in [1.54, 1.807) is 13.3 Å². The van der Waals surface area contributed by atoms with E-state index in [1.807, 2.05) is 31.2 Å². The van der Waals surface area contributed by atoms with Gasteiger partial charge < -0.3 is 14.8 Å². The summed E-state index contributed by atoms with van der Waals surface area (Å²) in [6, 6.07) is 7.79. The number of aromatic nitrogens is 1. The summed E-state index contributed by atoms with van der Waals surface area (Å²) in [5.41, 5.74) is 1.89. The third-order valence-electron chi connectivity index (χ3n) is 2.81. The molecule has 112 valence electrons. The van der Waals surface area contributed by atoms with Gasteiger partial charge in [0.25, 0.3) is 0 Å². The Morgan fingerprint density at radius 2 is 2.10 bits per heavy atom. The van der Waals surface area contributed by atoms with Gasteiger partial charge in [-0.25, -0.2) is 4.98 Å². The van der Waals surface area contributed by atoms with Crippen molar-refractivity contribution in [1.82, 2.24) is 4.98 Å². The normalized spacial score (nSPS) is 10.3. The Labute approximate surface area is 141 Å². The zero-order valence-corrected chi connectivity index (χ0v) is 15.0. The van der Waals surface area contributed by atoms with Gasteiger partial charge in [0.2, 0.25) is 5.88 Å². The predicted octanol–water partition coefficient (Wildman–Crippen LogP) is 4.63. The fraction of sp³-hybridized carbons (Fsp3) is 0.267. The first-order chi connectivity index (χ1) is 10.2. The SMILES string of the molecule is CCOc1ncccc1NCc1cc(Br)cc(Br)c1OC. The maximum atomic E-state index is 5.51. The lowest BCUT2D eigenvalue weighted by Crippen LogP contribution is -2.05. The van der Waals surface area contributed by atoms with Crippen LogP contribution in [0.1, 0.15) is 12.5 Å². The lowest BCUT2D eigenvalue weighted by atomic mass is 10.2. The average molecular weight is 416 g/mol. The molecule has 0 amide bonds. The molecule has 21 heavy (non-hydrogen) atoms. The molecule has 0 spiro atoms. The number of hydrogen-bond donors (Lipinski definition) is 1. The Kier molecular flexibility index (Phi) is 5.87. The van der Waals surface area contributed by atoms with Crippen molar-refractivity contribution in [2.75, 3.05) is 19.0 Å². The van der Waals surface area contributed by atoms with Crippen LogP contribution in [-0.2, 0) is 6.54 Å². The Bertz CT molecular complexity index is 621. The summed E-state index contributed by atoms with van der Waals surface area (Å²) in [4.78, 5) is 4.22. The zero-order chi connectivity index (χ0) is 15.2. The first-order valence-electron chi connectivity index (χ1n) is 6.49. The molecule has 0 aliphatic rings. The van der Waals surface area contributed by atoms with Crippen molar-refractivity contribution >= 4 is 37.5 Å². The van der Waals surface area contributed by atoms with Crippen LogP contribution >= 0.6 is 31.9 Å². The number of methoxy groups -OCH3 is 1. The molecule has 0 unspecified atom stereocenters. The molecule has 4 nitrogen and oxygen atoms in total. The van der Waals surface area contributed by atoms with Crippen molar-refractivity contribution in [2.24, 2.45) is 0 Å². The minimum absolute atomic E-state index is 0.581.